The molecule has 1 fully saturated rings. The van der Waals surface area contributed by atoms with E-state index in [1.54, 1.807) is 6.92 Å². The lowest BCUT2D eigenvalue weighted by atomic mass is 9.95. The van der Waals surface area contributed by atoms with Crippen LogP contribution in [0.25, 0.3) is 11.1 Å². The fourth-order valence-electron chi connectivity index (χ4n) is 5.41. The largest absolute Gasteiger partial charge is 0.480 e. The number of nitrogens with one attached hydrogen (secondary N) is 1. The van der Waals surface area contributed by atoms with Crippen LogP contribution < -0.4 is 5.32 Å². The fourth-order valence-corrected chi connectivity index (χ4v) is 5.41. The quantitative estimate of drug-likeness (QED) is 0.333. The molecule has 2 aliphatic rings. The Kier molecular flexibility index (Phi) is 8.53. The van der Waals surface area contributed by atoms with E-state index in [1.165, 1.54) is 4.90 Å². The molecule has 0 aromatic heterocycles. The smallest absolute Gasteiger partial charge is 0.407 e. The topological polar surface area (TPSA) is 131 Å². The number of amides is 2. The highest BCUT2D eigenvalue weighted by Gasteiger charge is 2.45. The van der Waals surface area contributed by atoms with E-state index in [2.05, 4.69) is 5.32 Å². The van der Waals surface area contributed by atoms with Gasteiger partial charge >= 0.3 is 18.0 Å². The van der Waals surface area contributed by atoms with Crippen molar-refractivity contribution in [3.8, 4) is 11.1 Å². The third kappa shape index (κ3) is 6.60. The molecule has 3 aromatic rings. The van der Waals surface area contributed by atoms with Crippen LogP contribution in [0.5, 0.6) is 0 Å². The van der Waals surface area contributed by atoms with Gasteiger partial charge in [-0.05, 0) is 34.7 Å². The van der Waals surface area contributed by atoms with Gasteiger partial charge in [0.1, 0.15) is 31.5 Å². The SMILES string of the molecule is CC1(OCC(=O)O)CN(C(=O)[C@H](CC(=O)OCc2ccccc2)NC(=O)OCC2c3ccccc3-c3ccccc32)C1. The van der Waals surface area contributed by atoms with Crippen molar-refractivity contribution in [1.29, 1.82) is 0 Å². The number of carboxylic acids is 1. The second-order valence-corrected chi connectivity index (χ2v) is 10.7. The van der Waals surface area contributed by atoms with Crippen molar-refractivity contribution in [1.82, 2.24) is 10.2 Å². The second kappa shape index (κ2) is 12.4. The van der Waals surface area contributed by atoms with Crippen molar-refractivity contribution in [2.45, 2.75) is 37.5 Å². The maximum absolute atomic E-state index is 13.4. The summed E-state index contributed by atoms with van der Waals surface area (Å²) in [6.07, 6.45) is -1.24. The number of benzene rings is 3. The number of nitrogens with zero attached hydrogens (tertiary/aromatic N) is 1. The molecule has 0 unspecified atom stereocenters. The summed E-state index contributed by atoms with van der Waals surface area (Å²) >= 11 is 0. The van der Waals surface area contributed by atoms with Crippen molar-refractivity contribution < 1.29 is 38.5 Å². The van der Waals surface area contributed by atoms with E-state index < -0.39 is 48.6 Å². The van der Waals surface area contributed by atoms with Crippen LogP contribution in [0.4, 0.5) is 4.79 Å². The molecule has 42 heavy (non-hydrogen) atoms. The van der Waals surface area contributed by atoms with Crippen LogP contribution in [0.15, 0.2) is 78.9 Å². The van der Waals surface area contributed by atoms with Crippen molar-refractivity contribution in [2.24, 2.45) is 0 Å². The maximum Gasteiger partial charge on any atom is 0.407 e. The molecule has 0 saturated carbocycles. The predicted octanol–water partition coefficient (Wildman–Crippen LogP) is 3.73. The number of esters is 1. The molecule has 0 spiro atoms. The van der Waals surface area contributed by atoms with Crippen LogP contribution in [0.3, 0.4) is 0 Å². The van der Waals surface area contributed by atoms with Crippen LogP contribution >= 0.6 is 0 Å². The van der Waals surface area contributed by atoms with E-state index in [0.717, 1.165) is 27.8 Å². The molecule has 1 heterocycles. The minimum absolute atomic E-state index is 0.0241. The summed E-state index contributed by atoms with van der Waals surface area (Å²) < 4.78 is 16.4. The summed E-state index contributed by atoms with van der Waals surface area (Å²) in [5.41, 5.74) is 4.21. The average molecular weight is 573 g/mol. The van der Waals surface area contributed by atoms with Crippen LogP contribution in [0, 0.1) is 0 Å². The highest BCUT2D eigenvalue weighted by atomic mass is 16.6. The molecule has 1 saturated heterocycles. The Morgan fingerprint density at radius 2 is 1.50 bits per heavy atom. The summed E-state index contributed by atoms with van der Waals surface area (Å²) in [4.78, 5) is 51.4. The first-order valence-electron chi connectivity index (χ1n) is 13.7. The van der Waals surface area contributed by atoms with Gasteiger partial charge in [-0.3, -0.25) is 9.59 Å². The molecule has 5 rings (SSSR count). The molecular weight excluding hydrogens is 540 g/mol. The number of likely N-dealkylation sites (tertiary alicyclic amines) is 1. The minimum Gasteiger partial charge on any atom is -0.480 e. The molecule has 1 aliphatic carbocycles. The van der Waals surface area contributed by atoms with E-state index >= 15 is 0 Å². The molecular formula is C32H32N2O8. The standard InChI is InChI=1S/C32H32N2O8/c1-32(42-18-28(35)36)19-34(20-32)30(38)27(15-29(37)40-16-21-9-3-2-4-10-21)33-31(39)41-17-26-24-13-7-5-11-22(24)23-12-6-8-14-25(23)26/h2-14,26-27H,15-20H2,1H3,(H,33,39)(H,35,36)/t27-/m0/s1. The maximum atomic E-state index is 13.4. The molecule has 10 heteroatoms. The lowest BCUT2D eigenvalue weighted by Gasteiger charge is -2.48. The number of aliphatic carboxylic acids is 1. The molecule has 1 aliphatic heterocycles. The Hall–Kier alpha value is -4.70. The first kappa shape index (κ1) is 28.8. The molecule has 1 atom stereocenters. The first-order chi connectivity index (χ1) is 20.2. The summed E-state index contributed by atoms with van der Waals surface area (Å²) in [6.45, 7) is 1.50. The number of carboxylic acid groups (broad SMARTS) is 1. The van der Waals surface area contributed by atoms with Gasteiger partial charge in [-0.1, -0.05) is 78.9 Å². The van der Waals surface area contributed by atoms with Crippen molar-refractivity contribution in [2.75, 3.05) is 26.3 Å². The second-order valence-electron chi connectivity index (χ2n) is 10.7. The zero-order valence-corrected chi connectivity index (χ0v) is 23.2. The highest BCUT2D eigenvalue weighted by Crippen LogP contribution is 2.44. The normalized spacial score (nSPS) is 15.5. The van der Waals surface area contributed by atoms with Gasteiger partial charge in [0.25, 0.3) is 0 Å². The molecule has 2 N–H and O–H groups in total. The van der Waals surface area contributed by atoms with E-state index in [1.807, 2.05) is 78.9 Å². The predicted molar refractivity (Wildman–Crippen MR) is 151 cm³/mol. The lowest BCUT2D eigenvalue weighted by Crippen LogP contribution is -2.66. The average Bonchev–Trinajstić information content (AvgIpc) is 3.30. The van der Waals surface area contributed by atoms with Gasteiger partial charge in [-0.25, -0.2) is 9.59 Å². The highest BCUT2D eigenvalue weighted by molar-refractivity contribution is 5.90. The number of ether oxygens (including phenoxy) is 3. The van der Waals surface area contributed by atoms with Crippen LogP contribution in [-0.2, 0) is 35.2 Å². The fraction of sp³-hybridized carbons (Fsp3) is 0.312. The van der Waals surface area contributed by atoms with Crippen LogP contribution in [0.1, 0.15) is 36.0 Å². The van der Waals surface area contributed by atoms with E-state index in [-0.39, 0.29) is 32.2 Å². The van der Waals surface area contributed by atoms with Crippen LogP contribution in [0.2, 0.25) is 0 Å². The number of carbonyl (C=O) groups is 4. The lowest BCUT2D eigenvalue weighted by molar-refractivity contribution is -0.175. The number of carbonyl (C=O) groups excluding carboxylic acids is 3. The van der Waals surface area contributed by atoms with E-state index in [9.17, 15) is 19.2 Å². The first-order valence-corrected chi connectivity index (χ1v) is 13.7. The third-order valence-corrected chi connectivity index (χ3v) is 7.45. The van der Waals surface area contributed by atoms with Gasteiger partial charge in [-0.15, -0.1) is 0 Å². The Bertz CT molecular complexity index is 1420. The summed E-state index contributed by atoms with van der Waals surface area (Å²) in [6, 6.07) is 23.7. The molecule has 0 radical (unpaired) electrons. The molecule has 2 amide bonds. The van der Waals surface area contributed by atoms with E-state index in [4.69, 9.17) is 19.3 Å². The van der Waals surface area contributed by atoms with Gasteiger partial charge in [0.2, 0.25) is 5.91 Å². The Morgan fingerprint density at radius 1 is 0.905 bits per heavy atom. The van der Waals surface area contributed by atoms with Crippen LogP contribution in [-0.4, -0.2) is 71.9 Å². The summed E-state index contributed by atoms with van der Waals surface area (Å²) in [5, 5.41) is 11.5. The van der Waals surface area contributed by atoms with Gasteiger partial charge in [-0.2, -0.15) is 0 Å². The number of hydrogen-bond donors (Lipinski definition) is 2. The third-order valence-electron chi connectivity index (χ3n) is 7.45. The van der Waals surface area contributed by atoms with Gasteiger partial charge in [0.05, 0.1) is 19.5 Å². The van der Waals surface area contributed by atoms with Crippen molar-refractivity contribution >= 4 is 23.9 Å². The number of alkyl carbamates (subject to hydrolysis) is 1. The number of hydrogen-bond acceptors (Lipinski definition) is 7. The zero-order chi connectivity index (χ0) is 29.7. The van der Waals surface area contributed by atoms with Crippen molar-refractivity contribution in [3.05, 3.63) is 95.6 Å². The number of rotatable bonds is 11. The molecule has 218 valence electrons. The zero-order valence-electron chi connectivity index (χ0n) is 23.2. The Balaban J connectivity index is 1.23. The summed E-state index contributed by atoms with van der Waals surface area (Å²) in [5.74, 6) is -2.47. The molecule has 10 nitrogen and oxygen atoms in total. The minimum atomic E-state index is -1.24. The molecule has 3 aromatic carbocycles. The molecule has 0 bridgehead atoms. The van der Waals surface area contributed by atoms with Gasteiger partial charge in [0.15, 0.2) is 0 Å². The summed E-state index contributed by atoms with van der Waals surface area (Å²) in [7, 11) is 0. The number of fused-ring (bicyclic) bond motifs is 3. The Labute approximate surface area is 243 Å². The van der Waals surface area contributed by atoms with Crippen molar-refractivity contribution in [3.63, 3.8) is 0 Å². The van der Waals surface area contributed by atoms with Gasteiger partial charge in [0, 0.05) is 5.92 Å². The van der Waals surface area contributed by atoms with E-state index in [0.29, 0.717) is 0 Å². The Morgan fingerprint density at radius 3 is 2.12 bits per heavy atom. The van der Waals surface area contributed by atoms with Gasteiger partial charge < -0.3 is 29.5 Å². The monoisotopic (exact) mass is 572 g/mol.